The molecule has 1 aromatic rings. The van der Waals surface area contributed by atoms with E-state index in [2.05, 4.69) is 5.10 Å². The van der Waals surface area contributed by atoms with Gasteiger partial charge in [-0.05, 0) is 0 Å². The third-order valence-electron chi connectivity index (χ3n) is 0.637. The fourth-order valence-electron chi connectivity index (χ4n) is 0.334. The Hall–Kier alpha value is -0.950. The summed E-state index contributed by atoms with van der Waals surface area (Å²) in [6, 6.07) is 0. The maximum absolute atomic E-state index is 10.1. The predicted molar refractivity (Wildman–Crippen MR) is 26.4 cm³/mol. The van der Waals surface area contributed by atoms with Crippen molar-refractivity contribution < 1.29 is 8.76 Å². The van der Waals surface area contributed by atoms with Crippen LogP contribution in [0.2, 0.25) is 0 Å². The molecular formula is C2H2N3O3S-. The summed E-state index contributed by atoms with van der Waals surface area (Å²) < 4.78 is 19.9. The molecule has 0 bridgehead atoms. The van der Waals surface area contributed by atoms with E-state index in [9.17, 15) is 13.6 Å². The molecule has 1 aromatic heterocycles. The molecule has 1 heterocycles. The molecule has 0 saturated heterocycles. The average molecular weight is 148 g/mol. The van der Waals surface area contributed by atoms with Crippen LogP contribution >= 0.6 is 0 Å². The molecule has 9 heavy (non-hydrogen) atoms. The zero-order valence-corrected chi connectivity index (χ0v) is 4.90. The van der Waals surface area contributed by atoms with Gasteiger partial charge in [0.1, 0.15) is 0 Å². The number of hydrogen-bond acceptors (Lipinski definition) is 4. The third kappa shape index (κ3) is 1.24. The van der Waals surface area contributed by atoms with Crippen molar-refractivity contribution in [3.63, 3.8) is 0 Å². The topological polar surface area (TPSA) is 102 Å². The Labute approximate surface area is 51.6 Å². The van der Waals surface area contributed by atoms with Crippen LogP contribution in [0.5, 0.6) is 0 Å². The van der Waals surface area contributed by atoms with E-state index < -0.39 is 16.8 Å². The van der Waals surface area contributed by atoms with Crippen molar-refractivity contribution in [2.75, 3.05) is 0 Å². The molecule has 7 heteroatoms. The third-order valence-corrected chi connectivity index (χ3v) is 1.15. The van der Waals surface area contributed by atoms with Crippen molar-refractivity contribution in [2.24, 2.45) is 0 Å². The standard InChI is InChI=1S/C2H3N3O3S/c6-1-3-2(5-4-1)9(7)8/h(H,7,8)(H2,3,4,5,6)/p-1. The highest BCUT2D eigenvalue weighted by molar-refractivity contribution is 7.78. The lowest BCUT2D eigenvalue weighted by Gasteiger charge is -1.94. The largest absolute Gasteiger partial charge is 0.766 e. The lowest BCUT2D eigenvalue weighted by atomic mass is 11.3. The van der Waals surface area contributed by atoms with Gasteiger partial charge in [0.05, 0.1) is 0 Å². The number of nitrogens with zero attached hydrogens (tertiary/aromatic N) is 1. The van der Waals surface area contributed by atoms with Crippen molar-refractivity contribution in [1.82, 2.24) is 15.2 Å². The van der Waals surface area contributed by atoms with Crippen molar-refractivity contribution >= 4 is 11.1 Å². The first-order valence-electron chi connectivity index (χ1n) is 1.94. The summed E-state index contributed by atoms with van der Waals surface area (Å²) in [6.07, 6.45) is 0. The van der Waals surface area contributed by atoms with Crippen LogP contribution in [-0.4, -0.2) is 23.9 Å². The van der Waals surface area contributed by atoms with Gasteiger partial charge in [-0.15, -0.1) is 5.10 Å². The molecule has 6 nitrogen and oxygen atoms in total. The number of aromatic nitrogens is 3. The van der Waals surface area contributed by atoms with E-state index in [1.54, 1.807) is 0 Å². The molecule has 1 rings (SSSR count). The SMILES string of the molecule is O=c1[nH]nc(S(=O)[O-])[nH]1. The Kier molecular flexibility index (Phi) is 1.45. The number of aromatic amines is 2. The summed E-state index contributed by atoms with van der Waals surface area (Å²) in [5, 5.41) is 4.63. The molecular weight excluding hydrogens is 146 g/mol. The zero-order chi connectivity index (χ0) is 6.85. The molecule has 0 radical (unpaired) electrons. The maximum Gasteiger partial charge on any atom is 0.341 e. The zero-order valence-electron chi connectivity index (χ0n) is 4.08. The monoisotopic (exact) mass is 148 g/mol. The van der Waals surface area contributed by atoms with Gasteiger partial charge in [-0.1, -0.05) is 0 Å². The minimum absolute atomic E-state index is 0.375. The first-order chi connectivity index (χ1) is 4.20. The second-order valence-electron chi connectivity index (χ2n) is 1.22. The summed E-state index contributed by atoms with van der Waals surface area (Å²) >= 11 is -2.46. The van der Waals surface area contributed by atoms with Crippen LogP contribution in [0.25, 0.3) is 0 Å². The molecule has 0 aromatic carbocycles. The molecule has 0 fully saturated rings. The normalized spacial score (nSPS) is 13.4. The highest BCUT2D eigenvalue weighted by Gasteiger charge is 1.93. The average Bonchev–Trinajstić information content (AvgIpc) is 2.14. The number of H-pyrrole nitrogens is 2. The highest BCUT2D eigenvalue weighted by Crippen LogP contribution is 1.84. The second kappa shape index (κ2) is 2.11. The fourth-order valence-corrected chi connectivity index (χ4v) is 0.630. The Bertz CT molecular complexity index is 275. The quantitative estimate of drug-likeness (QED) is 0.465. The van der Waals surface area contributed by atoms with Crippen LogP contribution < -0.4 is 5.69 Å². The van der Waals surface area contributed by atoms with Gasteiger partial charge in [0.15, 0.2) is 0 Å². The van der Waals surface area contributed by atoms with Crippen LogP contribution in [0.15, 0.2) is 9.95 Å². The smallest absolute Gasteiger partial charge is 0.341 e. The van der Waals surface area contributed by atoms with Crippen LogP contribution in [0, 0.1) is 0 Å². The summed E-state index contributed by atoms with van der Waals surface area (Å²) in [4.78, 5) is 12.1. The maximum atomic E-state index is 10.1. The van der Waals surface area contributed by atoms with Crippen molar-refractivity contribution in [1.29, 1.82) is 0 Å². The minimum Gasteiger partial charge on any atom is -0.766 e. The number of hydrogen-bond donors (Lipinski definition) is 2. The van der Waals surface area contributed by atoms with Crippen LogP contribution in [0.1, 0.15) is 0 Å². The van der Waals surface area contributed by atoms with Crippen LogP contribution in [0.3, 0.4) is 0 Å². The van der Waals surface area contributed by atoms with E-state index in [0.717, 1.165) is 0 Å². The molecule has 0 aliphatic carbocycles. The van der Waals surface area contributed by atoms with Gasteiger partial charge in [0, 0.05) is 11.1 Å². The number of rotatable bonds is 1. The van der Waals surface area contributed by atoms with Crippen molar-refractivity contribution in [3.8, 4) is 0 Å². The number of nitrogens with one attached hydrogen (secondary N) is 2. The van der Waals surface area contributed by atoms with E-state index in [-0.39, 0.29) is 5.16 Å². The lowest BCUT2D eigenvalue weighted by Crippen LogP contribution is -2.01. The first-order valence-corrected chi connectivity index (χ1v) is 3.01. The van der Waals surface area contributed by atoms with Crippen LogP contribution in [0.4, 0.5) is 0 Å². The Morgan fingerprint density at radius 2 is 2.33 bits per heavy atom. The Morgan fingerprint density at radius 1 is 1.67 bits per heavy atom. The minimum atomic E-state index is -2.46. The summed E-state index contributed by atoms with van der Waals surface area (Å²) in [5.74, 6) is 0. The van der Waals surface area contributed by atoms with Gasteiger partial charge >= 0.3 is 5.69 Å². The highest BCUT2D eigenvalue weighted by atomic mass is 32.2. The van der Waals surface area contributed by atoms with Gasteiger partial charge in [0.25, 0.3) is 0 Å². The molecule has 0 aliphatic heterocycles. The second-order valence-corrected chi connectivity index (χ2v) is 2.07. The summed E-state index contributed by atoms with van der Waals surface area (Å²) in [5.41, 5.74) is -0.630. The van der Waals surface area contributed by atoms with Gasteiger partial charge in [-0.3, -0.25) is 9.19 Å². The molecule has 2 N–H and O–H groups in total. The van der Waals surface area contributed by atoms with E-state index in [1.807, 2.05) is 10.1 Å². The first kappa shape index (κ1) is 6.17. The van der Waals surface area contributed by atoms with Crippen LogP contribution in [-0.2, 0) is 11.1 Å². The predicted octanol–water partition coefficient (Wildman–Crippen LogP) is -1.66. The van der Waals surface area contributed by atoms with E-state index in [4.69, 9.17) is 0 Å². The van der Waals surface area contributed by atoms with E-state index in [0.29, 0.717) is 0 Å². The van der Waals surface area contributed by atoms with Gasteiger partial charge in [-0.25, -0.2) is 9.89 Å². The molecule has 0 aliphatic rings. The van der Waals surface area contributed by atoms with Gasteiger partial charge in [-0.2, -0.15) is 0 Å². The van der Waals surface area contributed by atoms with Crippen molar-refractivity contribution in [3.05, 3.63) is 10.5 Å². The molecule has 1 unspecified atom stereocenters. The summed E-state index contributed by atoms with van der Waals surface area (Å²) in [7, 11) is 0. The van der Waals surface area contributed by atoms with Crippen molar-refractivity contribution in [2.45, 2.75) is 5.16 Å². The molecule has 1 atom stereocenters. The molecule has 50 valence electrons. The fraction of sp³-hybridized carbons (Fsp3) is 0. The molecule has 0 saturated carbocycles. The summed E-state index contributed by atoms with van der Waals surface area (Å²) in [6.45, 7) is 0. The lowest BCUT2D eigenvalue weighted by molar-refractivity contribution is 0.529. The van der Waals surface area contributed by atoms with Gasteiger partial charge < -0.3 is 4.55 Å². The van der Waals surface area contributed by atoms with Gasteiger partial charge in [0.2, 0.25) is 5.16 Å². The molecule has 0 amide bonds. The van der Waals surface area contributed by atoms with E-state index >= 15 is 0 Å². The Morgan fingerprint density at radius 3 is 2.56 bits per heavy atom. The Balaban J connectivity index is 3.12. The molecule has 0 spiro atoms. The van der Waals surface area contributed by atoms with E-state index in [1.165, 1.54) is 0 Å².